The van der Waals surface area contributed by atoms with E-state index in [1.54, 1.807) is 0 Å². The highest BCUT2D eigenvalue weighted by Gasteiger charge is 2.49. The van der Waals surface area contributed by atoms with Crippen LogP contribution in [0.3, 0.4) is 0 Å². The molecule has 232 valence electrons. The lowest BCUT2D eigenvalue weighted by atomic mass is 9.95. The molecule has 2 aromatic heterocycles. The second-order valence-electron chi connectivity index (χ2n) is 12.7. The van der Waals surface area contributed by atoms with Crippen LogP contribution in [0.25, 0.3) is 32.9 Å². The topological polar surface area (TPSA) is 86.6 Å². The summed E-state index contributed by atoms with van der Waals surface area (Å²) in [6, 6.07) is 4.94. The number of alkyl halides is 1. The molecule has 4 aromatic rings. The third kappa shape index (κ3) is 4.55. The van der Waals surface area contributed by atoms with E-state index >= 15 is 8.78 Å². The maximum atomic E-state index is 16.8. The number of anilines is 1. The van der Waals surface area contributed by atoms with Crippen molar-refractivity contribution in [3.63, 3.8) is 0 Å². The molecule has 6 heterocycles. The Morgan fingerprint density at radius 3 is 2.62 bits per heavy atom. The smallest absolute Gasteiger partial charge is 0.319 e. The standard InChI is InChI=1S/C33H30F4N6O2/c1-2-24-26-30(28(37)29(39-24)22-11-21(44)10-17-4-7-23(35)27(36)25(17)22)40-32(41-31(26)42-14-19-5-6-20(15-42)38-19)45-16-33-8-3-9-43(33)13-18(34)12-33/h1,4,7,10-11,18-20,38,44H,3,5-6,8-9,12-16H2/t18-,19?,20?,33+/m1/s1. The third-order valence-electron chi connectivity index (χ3n) is 9.88. The molecule has 2 aromatic carbocycles. The van der Waals surface area contributed by atoms with Crippen LogP contribution in [0.15, 0.2) is 24.3 Å². The number of nitrogens with zero attached hydrogens (tertiary/aromatic N) is 5. The van der Waals surface area contributed by atoms with Gasteiger partial charge in [-0.1, -0.05) is 6.07 Å². The molecule has 8 rings (SSSR count). The Kier molecular flexibility index (Phi) is 6.55. The van der Waals surface area contributed by atoms with Gasteiger partial charge in [0.2, 0.25) is 0 Å². The maximum Gasteiger partial charge on any atom is 0.319 e. The number of rotatable bonds is 5. The molecule has 2 N–H and O–H groups in total. The Morgan fingerprint density at radius 1 is 1.04 bits per heavy atom. The second-order valence-corrected chi connectivity index (χ2v) is 12.7. The van der Waals surface area contributed by atoms with Gasteiger partial charge in [0.1, 0.15) is 41.3 Å². The van der Waals surface area contributed by atoms with Crippen molar-refractivity contribution in [1.29, 1.82) is 0 Å². The van der Waals surface area contributed by atoms with E-state index in [1.165, 1.54) is 12.1 Å². The predicted octanol–water partition coefficient (Wildman–Crippen LogP) is 4.85. The van der Waals surface area contributed by atoms with E-state index in [2.05, 4.69) is 26.1 Å². The largest absolute Gasteiger partial charge is 0.508 e. The predicted molar refractivity (Wildman–Crippen MR) is 160 cm³/mol. The first-order valence-electron chi connectivity index (χ1n) is 15.2. The van der Waals surface area contributed by atoms with Crippen molar-refractivity contribution in [3.8, 4) is 35.4 Å². The zero-order chi connectivity index (χ0) is 31.0. The van der Waals surface area contributed by atoms with Gasteiger partial charge in [0.25, 0.3) is 0 Å². The summed E-state index contributed by atoms with van der Waals surface area (Å²) in [5.41, 5.74) is -1.24. The van der Waals surface area contributed by atoms with E-state index in [4.69, 9.17) is 16.1 Å². The molecule has 2 unspecified atom stereocenters. The Morgan fingerprint density at radius 2 is 1.84 bits per heavy atom. The number of hydrogen-bond donors (Lipinski definition) is 2. The summed E-state index contributed by atoms with van der Waals surface area (Å²) in [5, 5.41) is 14.1. The second kappa shape index (κ2) is 10.4. The van der Waals surface area contributed by atoms with Crippen LogP contribution < -0.4 is 15.0 Å². The Bertz CT molecular complexity index is 1900. The molecule has 0 spiro atoms. The van der Waals surface area contributed by atoms with Crippen LogP contribution in [0.2, 0.25) is 0 Å². The lowest BCUT2D eigenvalue weighted by molar-refractivity contribution is 0.107. The zero-order valence-corrected chi connectivity index (χ0v) is 24.3. The van der Waals surface area contributed by atoms with Crippen molar-refractivity contribution in [2.45, 2.75) is 55.9 Å². The molecule has 4 saturated heterocycles. The number of terminal acetylenes is 1. The Labute approximate surface area is 256 Å². The molecule has 45 heavy (non-hydrogen) atoms. The number of halogens is 4. The van der Waals surface area contributed by atoms with Gasteiger partial charge < -0.3 is 20.1 Å². The number of aromatic hydroxyl groups is 1. The van der Waals surface area contributed by atoms with Crippen molar-refractivity contribution in [3.05, 3.63) is 47.4 Å². The van der Waals surface area contributed by atoms with Gasteiger partial charge in [0.05, 0.1) is 10.9 Å². The molecule has 4 atom stereocenters. The SMILES string of the molecule is C#Cc1nc(-c2cc(O)cc3ccc(F)c(F)c23)c(F)c2nc(OC[C@@]34CCCN3C[C@H](F)C4)nc(N3CC4CCC(C3)N4)c12. The summed E-state index contributed by atoms with van der Waals surface area (Å²) >= 11 is 0. The van der Waals surface area contributed by atoms with E-state index in [0.29, 0.717) is 31.9 Å². The fourth-order valence-corrected chi connectivity index (χ4v) is 7.90. The number of piperazine rings is 1. The minimum atomic E-state index is -1.21. The summed E-state index contributed by atoms with van der Waals surface area (Å²) in [5.74, 6) is -0.693. The summed E-state index contributed by atoms with van der Waals surface area (Å²) in [7, 11) is 0. The van der Waals surface area contributed by atoms with Gasteiger partial charge in [0.15, 0.2) is 17.5 Å². The van der Waals surface area contributed by atoms with Crippen molar-refractivity contribution in [2.75, 3.05) is 37.7 Å². The number of benzene rings is 2. The molecule has 0 saturated carbocycles. The molecular formula is C33H30F4N6O2. The van der Waals surface area contributed by atoms with E-state index in [1.807, 2.05) is 4.90 Å². The normalized spacial score (nSPS) is 26.1. The fourth-order valence-electron chi connectivity index (χ4n) is 7.90. The van der Waals surface area contributed by atoms with Crippen LogP contribution in [0.4, 0.5) is 23.4 Å². The van der Waals surface area contributed by atoms with E-state index in [0.717, 1.165) is 44.4 Å². The van der Waals surface area contributed by atoms with Crippen LogP contribution in [-0.2, 0) is 0 Å². The van der Waals surface area contributed by atoms with E-state index < -0.39 is 34.9 Å². The lowest BCUT2D eigenvalue weighted by Crippen LogP contribution is -2.51. The Balaban J connectivity index is 1.32. The third-order valence-corrected chi connectivity index (χ3v) is 9.88. The summed E-state index contributed by atoms with van der Waals surface area (Å²) in [6.07, 6.45) is 9.00. The number of hydrogen-bond acceptors (Lipinski definition) is 8. The molecule has 0 aliphatic carbocycles. The van der Waals surface area contributed by atoms with Crippen LogP contribution in [0.5, 0.6) is 11.8 Å². The highest BCUT2D eigenvalue weighted by atomic mass is 19.2. The van der Waals surface area contributed by atoms with Crippen molar-refractivity contribution >= 4 is 27.5 Å². The van der Waals surface area contributed by atoms with Gasteiger partial charge in [-0.05, 0) is 61.7 Å². The van der Waals surface area contributed by atoms with Crippen molar-refractivity contribution in [1.82, 2.24) is 25.2 Å². The van der Waals surface area contributed by atoms with Gasteiger partial charge >= 0.3 is 6.01 Å². The van der Waals surface area contributed by atoms with Gasteiger partial charge in [-0.25, -0.2) is 22.5 Å². The number of aromatic nitrogens is 3. The number of phenolic OH excluding ortho intramolecular Hbond substituents is 1. The van der Waals surface area contributed by atoms with Gasteiger partial charge in [-0.3, -0.25) is 4.90 Å². The van der Waals surface area contributed by atoms with Crippen LogP contribution >= 0.6 is 0 Å². The van der Waals surface area contributed by atoms with Crippen LogP contribution in [-0.4, -0.2) is 81.5 Å². The first-order chi connectivity index (χ1) is 21.7. The maximum absolute atomic E-state index is 16.8. The van der Waals surface area contributed by atoms with Crippen molar-refractivity contribution < 1.29 is 27.4 Å². The Hall–Kier alpha value is -4.21. The molecule has 4 aliphatic heterocycles. The molecule has 4 fully saturated rings. The van der Waals surface area contributed by atoms with Crippen LogP contribution in [0.1, 0.15) is 37.8 Å². The molecule has 12 heteroatoms. The number of fused-ring (bicyclic) bond motifs is 5. The quantitative estimate of drug-likeness (QED) is 0.243. The average Bonchev–Trinajstić information content (AvgIpc) is 3.67. The van der Waals surface area contributed by atoms with E-state index in [9.17, 15) is 13.9 Å². The highest BCUT2D eigenvalue weighted by molar-refractivity contribution is 6.01. The van der Waals surface area contributed by atoms with Gasteiger partial charge in [-0.2, -0.15) is 9.97 Å². The van der Waals surface area contributed by atoms with Gasteiger partial charge in [-0.15, -0.1) is 6.42 Å². The number of nitrogens with one attached hydrogen (secondary N) is 1. The van der Waals surface area contributed by atoms with Gasteiger partial charge in [0, 0.05) is 49.1 Å². The monoisotopic (exact) mass is 618 g/mol. The minimum Gasteiger partial charge on any atom is -0.508 e. The zero-order valence-electron chi connectivity index (χ0n) is 24.3. The van der Waals surface area contributed by atoms with Crippen molar-refractivity contribution in [2.24, 2.45) is 0 Å². The first-order valence-corrected chi connectivity index (χ1v) is 15.2. The number of phenols is 1. The molecule has 0 radical (unpaired) electrons. The fraction of sp³-hybridized carbons (Fsp3) is 0.424. The first kappa shape index (κ1) is 28.3. The van der Waals surface area contributed by atoms with Crippen LogP contribution in [0, 0.1) is 29.8 Å². The summed E-state index contributed by atoms with van der Waals surface area (Å²) < 4.78 is 67.0. The number of pyridine rings is 1. The number of ether oxygens (including phenoxy) is 1. The van der Waals surface area contributed by atoms with E-state index in [-0.39, 0.29) is 63.4 Å². The lowest BCUT2D eigenvalue weighted by Gasteiger charge is -2.34. The highest BCUT2D eigenvalue weighted by Crippen LogP contribution is 2.42. The molecule has 8 nitrogen and oxygen atoms in total. The summed E-state index contributed by atoms with van der Waals surface area (Å²) in [4.78, 5) is 17.8. The minimum absolute atomic E-state index is 0.0127. The summed E-state index contributed by atoms with van der Waals surface area (Å²) in [6.45, 7) is 2.45. The molecule has 2 bridgehead atoms. The average molecular weight is 619 g/mol. The molecule has 0 amide bonds. The molecular weight excluding hydrogens is 588 g/mol. The molecule has 4 aliphatic rings.